The molecule has 0 atom stereocenters. The van der Waals surface area contributed by atoms with Crippen LogP contribution >= 0.6 is 11.3 Å². The molecule has 160 valence electrons. The molecule has 4 rings (SSSR count). The Kier molecular flexibility index (Phi) is 6.12. The number of rotatable bonds is 8. The molecule has 0 aliphatic carbocycles. The summed E-state index contributed by atoms with van der Waals surface area (Å²) in [6, 6.07) is 12.7. The van der Waals surface area contributed by atoms with Crippen LogP contribution in [0.2, 0.25) is 0 Å². The van der Waals surface area contributed by atoms with E-state index in [-0.39, 0.29) is 22.9 Å². The summed E-state index contributed by atoms with van der Waals surface area (Å²) in [5, 5.41) is 1.89. The molecule has 0 unspecified atom stereocenters. The molecule has 2 aromatic heterocycles. The predicted octanol–water partition coefficient (Wildman–Crippen LogP) is 3.52. The van der Waals surface area contributed by atoms with Gasteiger partial charge in [0, 0.05) is 24.5 Å². The lowest BCUT2D eigenvalue weighted by Gasteiger charge is -2.21. The van der Waals surface area contributed by atoms with Crippen molar-refractivity contribution in [2.75, 3.05) is 13.1 Å². The standard InChI is InChI=1S/C20H22N2O5S3/c23-29(24,21-11-1-2-12-21)19-7-9-20(10-8-19)30(25,26)22(15-17-5-3-13-27-17)16-18-6-4-14-28-18/h3-10,13-14H,1-2,11-12,15-16H2. The van der Waals surface area contributed by atoms with Crippen LogP contribution in [-0.2, 0) is 33.1 Å². The molecule has 0 amide bonds. The van der Waals surface area contributed by atoms with E-state index in [4.69, 9.17) is 4.42 Å². The average Bonchev–Trinajstić information content (AvgIpc) is 3.50. The topological polar surface area (TPSA) is 87.9 Å². The lowest BCUT2D eigenvalue weighted by Crippen LogP contribution is -2.30. The second-order valence-electron chi connectivity index (χ2n) is 7.01. The van der Waals surface area contributed by atoms with E-state index >= 15 is 0 Å². The third kappa shape index (κ3) is 4.37. The van der Waals surface area contributed by atoms with Crippen molar-refractivity contribution < 1.29 is 21.3 Å². The van der Waals surface area contributed by atoms with Crippen molar-refractivity contribution in [1.82, 2.24) is 8.61 Å². The SMILES string of the molecule is O=S(=O)(c1ccc(S(=O)(=O)N(Cc2ccco2)Cc2cccs2)cc1)N1CCCC1. The zero-order valence-corrected chi connectivity index (χ0v) is 18.6. The Morgan fingerprint density at radius 1 is 0.900 bits per heavy atom. The predicted molar refractivity (Wildman–Crippen MR) is 114 cm³/mol. The van der Waals surface area contributed by atoms with E-state index in [1.54, 1.807) is 12.1 Å². The maximum atomic E-state index is 13.3. The van der Waals surface area contributed by atoms with Crippen LogP contribution in [0.15, 0.2) is 74.4 Å². The maximum absolute atomic E-state index is 13.3. The van der Waals surface area contributed by atoms with Crippen LogP contribution < -0.4 is 0 Å². The van der Waals surface area contributed by atoms with Gasteiger partial charge in [0.1, 0.15) is 5.76 Å². The molecular formula is C20H22N2O5S3. The highest BCUT2D eigenvalue weighted by molar-refractivity contribution is 7.89. The number of thiophene rings is 1. The minimum atomic E-state index is -3.86. The largest absolute Gasteiger partial charge is 0.468 e. The quantitative estimate of drug-likeness (QED) is 0.507. The first kappa shape index (κ1) is 21.3. The van der Waals surface area contributed by atoms with Crippen molar-refractivity contribution in [3.63, 3.8) is 0 Å². The monoisotopic (exact) mass is 466 g/mol. The summed E-state index contributed by atoms with van der Waals surface area (Å²) in [7, 11) is -7.45. The molecule has 1 aromatic carbocycles. The van der Waals surface area contributed by atoms with E-state index in [0.29, 0.717) is 18.8 Å². The van der Waals surface area contributed by atoms with Crippen LogP contribution in [0.25, 0.3) is 0 Å². The van der Waals surface area contributed by atoms with E-state index in [0.717, 1.165) is 17.7 Å². The van der Waals surface area contributed by atoms with Gasteiger partial charge in [-0.1, -0.05) is 6.07 Å². The highest BCUT2D eigenvalue weighted by atomic mass is 32.2. The summed E-state index contributed by atoms with van der Waals surface area (Å²) < 4.78 is 60.2. The number of nitrogens with zero attached hydrogens (tertiary/aromatic N) is 2. The van der Waals surface area contributed by atoms with E-state index in [1.165, 1.54) is 50.5 Å². The van der Waals surface area contributed by atoms with Gasteiger partial charge >= 0.3 is 0 Å². The molecule has 1 fully saturated rings. The minimum Gasteiger partial charge on any atom is -0.468 e. The molecule has 0 N–H and O–H groups in total. The maximum Gasteiger partial charge on any atom is 0.243 e. The van der Waals surface area contributed by atoms with Crippen LogP contribution in [0, 0.1) is 0 Å². The van der Waals surface area contributed by atoms with E-state index in [1.807, 2.05) is 17.5 Å². The smallest absolute Gasteiger partial charge is 0.243 e. The average molecular weight is 467 g/mol. The zero-order valence-electron chi connectivity index (χ0n) is 16.2. The molecule has 1 aliphatic rings. The third-order valence-corrected chi connectivity index (χ3v) is 9.57. The molecule has 1 aliphatic heterocycles. The molecular weight excluding hydrogens is 444 g/mol. The summed E-state index contributed by atoms with van der Waals surface area (Å²) >= 11 is 1.47. The Balaban J connectivity index is 1.62. The Bertz CT molecular complexity index is 1130. The fraction of sp³-hybridized carbons (Fsp3) is 0.300. The molecule has 0 saturated carbocycles. The molecule has 10 heteroatoms. The third-order valence-electron chi connectivity index (χ3n) is 4.99. The molecule has 0 spiro atoms. The van der Waals surface area contributed by atoms with Crippen LogP contribution in [0.1, 0.15) is 23.5 Å². The van der Waals surface area contributed by atoms with Gasteiger partial charge < -0.3 is 4.42 Å². The first-order chi connectivity index (χ1) is 14.4. The van der Waals surface area contributed by atoms with Gasteiger partial charge in [0.2, 0.25) is 20.0 Å². The Morgan fingerprint density at radius 2 is 1.60 bits per heavy atom. The van der Waals surface area contributed by atoms with Crippen molar-refractivity contribution in [1.29, 1.82) is 0 Å². The minimum absolute atomic E-state index is 0.0472. The van der Waals surface area contributed by atoms with Crippen molar-refractivity contribution in [3.05, 3.63) is 70.8 Å². The lowest BCUT2D eigenvalue weighted by molar-refractivity contribution is 0.360. The number of furan rings is 1. The lowest BCUT2D eigenvalue weighted by atomic mass is 10.4. The summed E-state index contributed by atoms with van der Waals surface area (Å²) in [5.41, 5.74) is 0. The Labute approximate surface area is 180 Å². The number of hydrogen-bond acceptors (Lipinski definition) is 6. The summed E-state index contributed by atoms with van der Waals surface area (Å²) in [5.74, 6) is 0.531. The van der Waals surface area contributed by atoms with E-state index < -0.39 is 20.0 Å². The first-order valence-corrected chi connectivity index (χ1v) is 13.3. The normalized spacial score (nSPS) is 15.8. The van der Waals surface area contributed by atoms with Gasteiger partial charge in [-0.15, -0.1) is 11.3 Å². The van der Waals surface area contributed by atoms with Crippen molar-refractivity contribution in [3.8, 4) is 0 Å². The van der Waals surface area contributed by atoms with Crippen LogP contribution in [0.5, 0.6) is 0 Å². The molecule has 0 radical (unpaired) electrons. The summed E-state index contributed by atoms with van der Waals surface area (Å²) in [6.07, 6.45) is 3.19. The second-order valence-corrected chi connectivity index (χ2v) is 11.9. The first-order valence-electron chi connectivity index (χ1n) is 9.52. The second kappa shape index (κ2) is 8.64. The van der Waals surface area contributed by atoms with Gasteiger partial charge in [0.15, 0.2) is 0 Å². The molecule has 30 heavy (non-hydrogen) atoms. The van der Waals surface area contributed by atoms with Crippen LogP contribution in [0.3, 0.4) is 0 Å². The Hall–Kier alpha value is -1.98. The molecule has 1 saturated heterocycles. The zero-order chi connectivity index (χ0) is 21.2. The summed E-state index contributed by atoms with van der Waals surface area (Å²) in [6.45, 7) is 1.29. The Morgan fingerprint density at radius 3 is 2.20 bits per heavy atom. The fourth-order valence-corrected chi connectivity index (χ4v) is 7.09. The van der Waals surface area contributed by atoms with E-state index in [9.17, 15) is 16.8 Å². The molecule has 3 aromatic rings. The van der Waals surface area contributed by atoms with Crippen LogP contribution in [0.4, 0.5) is 0 Å². The highest BCUT2D eigenvalue weighted by Gasteiger charge is 2.29. The molecule has 0 bridgehead atoms. The molecule has 3 heterocycles. The van der Waals surface area contributed by atoms with Gasteiger partial charge in [0.25, 0.3) is 0 Å². The number of benzene rings is 1. The van der Waals surface area contributed by atoms with Crippen molar-refractivity contribution in [2.24, 2.45) is 0 Å². The highest BCUT2D eigenvalue weighted by Crippen LogP contribution is 2.26. The summed E-state index contributed by atoms with van der Waals surface area (Å²) in [4.78, 5) is 1.06. The van der Waals surface area contributed by atoms with Gasteiger partial charge in [-0.3, -0.25) is 0 Å². The van der Waals surface area contributed by atoms with Crippen molar-refractivity contribution in [2.45, 2.75) is 35.7 Å². The van der Waals surface area contributed by atoms with Gasteiger partial charge in [-0.05, 0) is 60.7 Å². The number of sulfonamides is 2. The molecule has 7 nitrogen and oxygen atoms in total. The number of hydrogen-bond donors (Lipinski definition) is 0. The van der Waals surface area contributed by atoms with Crippen molar-refractivity contribution >= 4 is 31.4 Å². The van der Waals surface area contributed by atoms with Gasteiger partial charge in [-0.2, -0.15) is 8.61 Å². The fourth-order valence-electron chi connectivity index (χ4n) is 3.39. The van der Waals surface area contributed by atoms with E-state index in [2.05, 4.69) is 0 Å². The van der Waals surface area contributed by atoms with Crippen LogP contribution in [-0.4, -0.2) is 38.5 Å². The van der Waals surface area contributed by atoms with Gasteiger partial charge in [0.05, 0.1) is 22.6 Å². The van der Waals surface area contributed by atoms with Gasteiger partial charge in [-0.25, -0.2) is 16.8 Å².